The number of rotatable bonds is 5. The molecule has 1 fully saturated rings. The number of carbonyl (C=O) groups excluding carboxylic acids is 1. The first-order valence-electron chi connectivity index (χ1n) is 5.92. The van der Waals surface area contributed by atoms with Crippen molar-refractivity contribution in [2.45, 2.75) is 31.7 Å². The SMILES string of the molecule is CCC(Nc1cccc(F)c1)(C(N)=O)C1CC1. The van der Waals surface area contributed by atoms with Crippen LogP contribution in [0.5, 0.6) is 0 Å². The molecule has 0 bridgehead atoms. The molecule has 3 nitrogen and oxygen atoms in total. The van der Waals surface area contributed by atoms with Crippen LogP contribution >= 0.6 is 0 Å². The molecule has 1 atom stereocenters. The first-order valence-corrected chi connectivity index (χ1v) is 5.92. The molecule has 92 valence electrons. The summed E-state index contributed by atoms with van der Waals surface area (Å²) in [4.78, 5) is 11.7. The van der Waals surface area contributed by atoms with E-state index in [9.17, 15) is 9.18 Å². The lowest BCUT2D eigenvalue weighted by molar-refractivity contribution is -0.123. The Labute approximate surface area is 100 Å². The van der Waals surface area contributed by atoms with E-state index in [1.165, 1.54) is 12.1 Å². The van der Waals surface area contributed by atoms with Crippen molar-refractivity contribution in [1.82, 2.24) is 0 Å². The van der Waals surface area contributed by atoms with Crippen molar-refractivity contribution in [3.8, 4) is 0 Å². The van der Waals surface area contributed by atoms with Gasteiger partial charge in [0.15, 0.2) is 0 Å². The highest BCUT2D eigenvalue weighted by molar-refractivity contribution is 5.88. The quantitative estimate of drug-likeness (QED) is 0.824. The molecule has 0 spiro atoms. The molecule has 0 aliphatic heterocycles. The summed E-state index contributed by atoms with van der Waals surface area (Å²) in [6, 6.07) is 6.13. The molecule has 1 saturated carbocycles. The predicted molar refractivity (Wildman–Crippen MR) is 65.0 cm³/mol. The van der Waals surface area contributed by atoms with E-state index in [4.69, 9.17) is 5.73 Å². The highest BCUT2D eigenvalue weighted by atomic mass is 19.1. The Bertz CT molecular complexity index is 431. The molecule has 3 N–H and O–H groups in total. The molecule has 17 heavy (non-hydrogen) atoms. The fourth-order valence-corrected chi connectivity index (χ4v) is 2.32. The van der Waals surface area contributed by atoms with E-state index < -0.39 is 5.54 Å². The second-order valence-corrected chi connectivity index (χ2v) is 4.60. The molecule has 0 radical (unpaired) electrons. The third-order valence-electron chi connectivity index (χ3n) is 3.46. The van der Waals surface area contributed by atoms with Gasteiger partial charge in [0.25, 0.3) is 0 Å². The lowest BCUT2D eigenvalue weighted by Crippen LogP contribution is -2.52. The Balaban J connectivity index is 2.26. The lowest BCUT2D eigenvalue weighted by Gasteiger charge is -2.31. The van der Waals surface area contributed by atoms with Crippen LogP contribution in [-0.2, 0) is 4.79 Å². The molecule has 2 rings (SSSR count). The number of nitrogens with two attached hydrogens (primary N) is 1. The van der Waals surface area contributed by atoms with Crippen LogP contribution in [0.4, 0.5) is 10.1 Å². The number of nitrogens with one attached hydrogen (secondary N) is 1. The average molecular weight is 236 g/mol. The molecular formula is C13H17FN2O. The summed E-state index contributed by atoms with van der Waals surface area (Å²) in [6.45, 7) is 1.93. The summed E-state index contributed by atoms with van der Waals surface area (Å²) in [5.74, 6) is -0.403. The van der Waals surface area contributed by atoms with Gasteiger partial charge in [-0.25, -0.2) is 4.39 Å². The van der Waals surface area contributed by atoms with Crippen molar-refractivity contribution in [3.05, 3.63) is 30.1 Å². The van der Waals surface area contributed by atoms with Crippen LogP contribution in [0.3, 0.4) is 0 Å². The zero-order valence-corrected chi connectivity index (χ0v) is 9.87. The van der Waals surface area contributed by atoms with Crippen LogP contribution in [0, 0.1) is 11.7 Å². The van der Waals surface area contributed by atoms with Gasteiger partial charge in [-0.1, -0.05) is 13.0 Å². The third-order valence-corrected chi connectivity index (χ3v) is 3.46. The third kappa shape index (κ3) is 2.25. The zero-order valence-electron chi connectivity index (χ0n) is 9.87. The Kier molecular flexibility index (Phi) is 3.05. The summed E-state index contributed by atoms with van der Waals surface area (Å²) in [7, 11) is 0. The highest BCUT2D eigenvalue weighted by Gasteiger charge is 2.48. The van der Waals surface area contributed by atoms with Crippen molar-refractivity contribution in [1.29, 1.82) is 0 Å². The Morgan fingerprint density at radius 2 is 2.29 bits per heavy atom. The Morgan fingerprint density at radius 1 is 1.59 bits per heavy atom. The summed E-state index contributed by atoms with van der Waals surface area (Å²) < 4.78 is 13.1. The van der Waals surface area contributed by atoms with Crippen LogP contribution in [-0.4, -0.2) is 11.4 Å². The Morgan fingerprint density at radius 3 is 2.76 bits per heavy atom. The second-order valence-electron chi connectivity index (χ2n) is 4.60. The van der Waals surface area contributed by atoms with E-state index in [0.717, 1.165) is 12.8 Å². The van der Waals surface area contributed by atoms with E-state index in [1.807, 2.05) is 6.92 Å². The number of anilines is 1. The topological polar surface area (TPSA) is 55.1 Å². The number of amides is 1. The molecule has 1 aliphatic carbocycles. The van der Waals surface area contributed by atoms with E-state index in [2.05, 4.69) is 5.32 Å². The van der Waals surface area contributed by atoms with Crippen molar-refractivity contribution in [2.75, 3.05) is 5.32 Å². The van der Waals surface area contributed by atoms with Crippen LogP contribution in [0.1, 0.15) is 26.2 Å². The highest BCUT2D eigenvalue weighted by Crippen LogP contribution is 2.43. The molecule has 1 aromatic carbocycles. The molecule has 0 heterocycles. The first-order chi connectivity index (χ1) is 8.08. The second kappa shape index (κ2) is 4.35. The van der Waals surface area contributed by atoms with Gasteiger partial charge in [0.1, 0.15) is 11.4 Å². The molecule has 1 unspecified atom stereocenters. The molecule has 0 saturated heterocycles. The molecule has 1 aliphatic rings. The van der Waals surface area contributed by atoms with Gasteiger partial charge in [-0.15, -0.1) is 0 Å². The number of primary amides is 1. The molecular weight excluding hydrogens is 219 g/mol. The monoisotopic (exact) mass is 236 g/mol. The van der Waals surface area contributed by atoms with Crippen molar-refractivity contribution < 1.29 is 9.18 Å². The number of carbonyl (C=O) groups is 1. The van der Waals surface area contributed by atoms with Crippen LogP contribution in [0.15, 0.2) is 24.3 Å². The summed E-state index contributed by atoms with van der Waals surface area (Å²) in [5, 5.41) is 3.13. The maximum Gasteiger partial charge on any atom is 0.243 e. The van der Waals surface area contributed by atoms with Crippen LogP contribution in [0.25, 0.3) is 0 Å². The number of halogens is 1. The fraction of sp³-hybridized carbons (Fsp3) is 0.462. The minimum atomic E-state index is -0.728. The minimum Gasteiger partial charge on any atom is -0.371 e. The van der Waals surface area contributed by atoms with Gasteiger partial charge in [0.2, 0.25) is 5.91 Å². The number of hydrogen-bond acceptors (Lipinski definition) is 2. The average Bonchev–Trinajstić information content (AvgIpc) is 3.09. The summed E-state index contributed by atoms with van der Waals surface area (Å²) >= 11 is 0. The molecule has 4 heteroatoms. The van der Waals surface area contributed by atoms with Crippen molar-refractivity contribution >= 4 is 11.6 Å². The summed E-state index contributed by atoms with van der Waals surface area (Å²) in [6.07, 6.45) is 2.61. The predicted octanol–water partition coefficient (Wildman–Crippen LogP) is 2.28. The van der Waals surface area contributed by atoms with Gasteiger partial charge in [0, 0.05) is 5.69 Å². The standard InChI is InChI=1S/C13H17FN2O/c1-2-13(12(15)17,9-6-7-9)16-11-5-3-4-10(14)8-11/h3-5,8-9,16H,2,6-7H2,1H3,(H2,15,17). The number of hydrogen-bond donors (Lipinski definition) is 2. The molecule has 0 aromatic heterocycles. The largest absolute Gasteiger partial charge is 0.371 e. The normalized spacial score (nSPS) is 18.5. The van der Waals surface area contributed by atoms with Gasteiger partial charge < -0.3 is 11.1 Å². The maximum absolute atomic E-state index is 13.1. The van der Waals surface area contributed by atoms with E-state index in [-0.39, 0.29) is 17.6 Å². The van der Waals surface area contributed by atoms with E-state index in [1.54, 1.807) is 12.1 Å². The number of benzene rings is 1. The summed E-state index contributed by atoms with van der Waals surface area (Å²) in [5.41, 5.74) is 5.39. The smallest absolute Gasteiger partial charge is 0.243 e. The van der Waals surface area contributed by atoms with E-state index >= 15 is 0 Å². The first kappa shape index (κ1) is 11.9. The van der Waals surface area contributed by atoms with Gasteiger partial charge in [-0.2, -0.15) is 0 Å². The lowest BCUT2D eigenvalue weighted by atomic mass is 9.89. The maximum atomic E-state index is 13.1. The van der Waals surface area contributed by atoms with Crippen LogP contribution in [0.2, 0.25) is 0 Å². The molecule has 1 amide bonds. The van der Waals surface area contributed by atoms with Crippen LogP contribution < -0.4 is 11.1 Å². The van der Waals surface area contributed by atoms with Gasteiger partial charge in [-0.05, 0) is 43.4 Å². The van der Waals surface area contributed by atoms with Gasteiger partial charge in [-0.3, -0.25) is 4.79 Å². The van der Waals surface area contributed by atoms with Gasteiger partial charge >= 0.3 is 0 Å². The van der Waals surface area contributed by atoms with E-state index in [0.29, 0.717) is 12.1 Å². The van der Waals surface area contributed by atoms with Crippen molar-refractivity contribution in [3.63, 3.8) is 0 Å². The fourth-order valence-electron chi connectivity index (χ4n) is 2.32. The zero-order chi connectivity index (χ0) is 12.5. The van der Waals surface area contributed by atoms with Crippen molar-refractivity contribution in [2.24, 2.45) is 11.7 Å². The molecule has 1 aromatic rings. The van der Waals surface area contributed by atoms with Gasteiger partial charge in [0.05, 0.1) is 0 Å². The Hall–Kier alpha value is -1.58. The minimum absolute atomic E-state index is 0.272.